The molecular weight excluding hydrogens is 231 g/mol. The molecule has 0 saturated carbocycles. The molecule has 0 aliphatic carbocycles. The van der Waals surface area contributed by atoms with Crippen molar-refractivity contribution in [1.82, 2.24) is 0 Å². The summed E-state index contributed by atoms with van der Waals surface area (Å²) in [5.41, 5.74) is -1.34. The number of carbonyl (C=O) groups is 1. The topological polar surface area (TPSA) is 40.9 Å². The Balaban J connectivity index is 3.21. The summed E-state index contributed by atoms with van der Waals surface area (Å²) < 4.78 is 37.6. The second-order valence-electron chi connectivity index (χ2n) is 3.04. The van der Waals surface area contributed by atoms with Crippen molar-refractivity contribution in [3.8, 4) is 17.9 Å². The van der Waals surface area contributed by atoms with E-state index in [1.54, 1.807) is 0 Å². The highest BCUT2D eigenvalue weighted by Gasteiger charge is 2.33. The number of rotatable bonds is 1. The molecule has 0 unspecified atom stereocenters. The third-order valence-electron chi connectivity index (χ3n) is 1.86. The molecule has 1 rings (SSSR count). The van der Waals surface area contributed by atoms with E-state index in [9.17, 15) is 18.0 Å². The molecule has 0 radical (unpaired) electrons. The number of alkyl halides is 3. The summed E-state index contributed by atoms with van der Waals surface area (Å²) in [5.74, 6) is 4.82. The maximum atomic E-state index is 12.5. The number of carbonyl (C=O) groups excluding carboxylic acids is 1. The molecule has 0 bridgehead atoms. The van der Waals surface area contributed by atoms with Crippen molar-refractivity contribution in [1.29, 1.82) is 5.26 Å². The van der Waals surface area contributed by atoms with Crippen molar-refractivity contribution < 1.29 is 18.0 Å². The summed E-state index contributed by atoms with van der Waals surface area (Å²) >= 11 is 0. The molecule has 86 valence electrons. The Bertz CT molecular complexity index is 529. The summed E-state index contributed by atoms with van der Waals surface area (Å²) in [4.78, 5) is 10.00. The van der Waals surface area contributed by atoms with Gasteiger partial charge in [-0.3, -0.25) is 0 Å². The molecule has 0 N–H and O–H groups in total. The van der Waals surface area contributed by atoms with Crippen LogP contribution in [0.5, 0.6) is 0 Å². The monoisotopic (exact) mass is 237 g/mol. The van der Waals surface area contributed by atoms with E-state index in [-0.39, 0.29) is 12.0 Å². The SMILES string of the molecule is N#Cc1ccc(C#CCC=O)cc1C(F)(F)F. The van der Waals surface area contributed by atoms with Gasteiger partial charge in [0.15, 0.2) is 0 Å². The predicted molar refractivity (Wildman–Crippen MR) is 53.7 cm³/mol. The van der Waals surface area contributed by atoms with Gasteiger partial charge in [-0.25, -0.2) is 0 Å². The van der Waals surface area contributed by atoms with Gasteiger partial charge in [-0.15, -0.1) is 0 Å². The van der Waals surface area contributed by atoms with Crippen molar-refractivity contribution >= 4 is 6.29 Å². The summed E-state index contributed by atoms with van der Waals surface area (Å²) in [6.07, 6.45) is -4.07. The first-order valence-electron chi connectivity index (χ1n) is 4.53. The Labute approximate surface area is 95.7 Å². The van der Waals surface area contributed by atoms with Crippen LogP contribution in [0.1, 0.15) is 23.1 Å². The fraction of sp³-hybridized carbons (Fsp3) is 0.167. The van der Waals surface area contributed by atoms with Crippen LogP contribution in [-0.4, -0.2) is 6.29 Å². The van der Waals surface area contributed by atoms with E-state index < -0.39 is 17.3 Å². The molecule has 0 aliphatic rings. The molecule has 2 nitrogen and oxygen atoms in total. The van der Waals surface area contributed by atoms with Crippen molar-refractivity contribution in [3.05, 3.63) is 34.9 Å². The molecular formula is C12H6F3NO. The van der Waals surface area contributed by atoms with E-state index >= 15 is 0 Å². The first-order valence-corrected chi connectivity index (χ1v) is 4.53. The minimum atomic E-state index is -4.59. The van der Waals surface area contributed by atoms with E-state index in [0.717, 1.165) is 12.1 Å². The summed E-state index contributed by atoms with van der Waals surface area (Å²) in [5, 5.41) is 8.55. The second-order valence-corrected chi connectivity index (χ2v) is 3.04. The summed E-state index contributed by atoms with van der Waals surface area (Å²) in [6.45, 7) is 0. The average molecular weight is 237 g/mol. The van der Waals surface area contributed by atoms with Crippen molar-refractivity contribution in [2.45, 2.75) is 12.6 Å². The number of hydrogen-bond donors (Lipinski definition) is 0. The van der Waals surface area contributed by atoms with E-state index in [4.69, 9.17) is 5.26 Å². The number of halogens is 3. The largest absolute Gasteiger partial charge is 0.417 e. The van der Waals surface area contributed by atoms with Crippen LogP contribution in [0.4, 0.5) is 13.2 Å². The van der Waals surface area contributed by atoms with Crippen LogP contribution in [0, 0.1) is 23.2 Å². The van der Waals surface area contributed by atoms with Crippen LogP contribution in [0.15, 0.2) is 18.2 Å². The van der Waals surface area contributed by atoms with Gasteiger partial charge >= 0.3 is 6.18 Å². The standard InChI is InChI=1S/C12H6F3NO/c13-12(14,15)11-7-9(3-1-2-6-17)4-5-10(11)8-16/h4-7H,2H2. The maximum Gasteiger partial charge on any atom is 0.417 e. The highest BCUT2D eigenvalue weighted by Crippen LogP contribution is 2.32. The highest BCUT2D eigenvalue weighted by atomic mass is 19.4. The van der Waals surface area contributed by atoms with E-state index in [2.05, 4.69) is 11.8 Å². The molecule has 0 aliphatic heterocycles. The second kappa shape index (κ2) is 5.18. The molecule has 17 heavy (non-hydrogen) atoms. The Hall–Kier alpha value is -2.27. The lowest BCUT2D eigenvalue weighted by molar-refractivity contribution is -0.137. The molecule has 1 aromatic rings. The normalized spacial score (nSPS) is 10.0. The number of nitriles is 1. The van der Waals surface area contributed by atoms with E-state index in [1.165, 1.54) is 12.1 Å². The van der Waals surface area contributed by atoms with E-state index in [0.29, 0.717) is 6.29 Å². The highest BCUT2D eigenvalue weighted by molar-refractivity contribution is 5.55. The first kappa shape index (κ1) is 12.8. The lowest BCUT2D eigenvalue weighted by atomic mass is 10.0. The number of aldehydes is 1. The lowest BCUT2D eigenvalue weighted by Gasteiger charge is -2.08. The van der Waals surface area contributed by atoms with Crippen LogP contribution in [0.2, 0.25) is 0 Å². The van der Waals surface area contributed by atoms with Crippen LogP contribution in [0.3, 0.4) is 0 Å². The molecule has 5 heteroatoms. The van der Waals surface area contributed by atoms with Gasteiger partial charge in [0, 0.05) is 5.56 Å². The Morgan fingerprint density at radius 1 is 1.35 bits per heavy atom. The van der Waals surface area contributed by atoms with Gasteiger partial charge in [-0.2, -0.15) is 18.4 Å². The van der Waals surface area contributed by atoms with Crippen LogP contribution in [-0.2, 0) is 11.0 Å². The molecule has 0 heterocycles. The molecule has 0 atom stereocenters. The quantitative estimate of drug-likeness (QED) is 0.556. The minimum absolute atomic E-state index is 0.0403. The van der Waals surface area contributed by atoms with Gasteiger partial charge in [0.1, 0.15) is 6.29 Å². The van der Waals surface area contributed by atoms with Crippen molar-refractivity contribution in [3.63, 3.8) is 0 Å². The Kier molecular flexibility index (Phi) is 3.90. The third kappa shape index (κ3) is 3.35. The van der Waals surface area contributed by atoms with Gasteiger partial charge in [0.25, 0.3) is 0 Å². The molecule has 0 fully saturated rings. The van der Waals surface area contributed by atoms with Crippen LogP contribution < -0.4 is 0 Å². The van der Waals surface area contributed by atoms with E-state index in [1.807, 2.05) is 0 Å². The smallest absolute Gasteiger partial charge is 0.302 e. The number of benzene rings is 1. The number of nitrogens with zero attached hydrogens (tertiary/aromatic N) is 1. The fourth-order valence-electron chi connectivity index (χ4n) is 1.15. The summed E-state index contributed by atoms with van der Waals surface area (Å²) in [6, 6.07) is 4.65. The molecule has 0 aromatic heterocycles. The molecule has 1 aromatic carbocycles. The van der Waals surface area contributed by atoms with Crippen molar-refractivity contribution in [2.75, 3.05) is 0 Å². The first-order chi connectivity index (χ1) is 7.99. The van der Waals surface area contributed by atoms with Crippen molar-refractivity contribution in [2.24, 2.45) is 0 Å². The molecule has 0 amide bonds. The predicted octanol–water partition coefficient (Wildman–Crippen LogP) is 2.52. The Morgan fingerprint density at radius 2 is 2.06 bits per heavy atom. The zero-order chi connectivity index (χ0) is 12.9. The fourth-order valence-corrected chi connectivity index (χ4v) is 1.15. The van der Waals surface area contributed by atoms with Gasteiger partial charge in [0.2, 0.25) is 0 Å². The van der Waals surface area contributed by atoms with Gasteiger partial charge in [-0.05, 0) is 18.2 Å². The van der Waals surface area contributed by atoms with Crippen LogP contribution >= 0.6 is 0 Å². The van der Waals surface area contributed by atoms with Crippen LogP contribution in [0.25, 0.3) is 0 Å². The van der Waals surface area contributed by atoms with Gasteiger partial charge in [-0.1, -0.05) is 11.8 Å². The minimum Gasteiger partial charge on any atom is -0.302 e. The third-order valence-corrected chi connectivity index (χ3v) is 1.86. The summed E-state index contributed by atoms with van der Waals surface area (Å²) in [7, 11) is 0. The molecule has 0 spiro atoms. The zero-order valence-corrected chi connectivity index (χ0v) is 8.51. The molecule has 0 saturated heterocycles. The zero-order valence-electron chi connectivity index (χ0n) is 8.51. The van der Waals surface area contributed by atoms with Gasteiger partial charge in [0.05, 0.1) is 23.6 Å². The van der Waals surface area contributed by atoms with Gasteiger partial charge < -0.3 is 4.79 Å². The average Bonchev–Trinajstić information content (AvgIpc) is 2.28. The maximum absolute atomic E-state index is 12.5. The number of hydrogen-bond acceptors (Lipinski definition) is 2. The Morgan fingerprint density at radius 3 is 2.59 bits per heavy atom. The lowest BCUT2D eigenvalue weighted by Crippen LogP contribution is -2.08.